The first-order valence-corrected chi connectivity index (χ1v) is 5.83. The third-order valence-corrected chi connectivity index (χ3v) is 3.41. The molecule has 1 heterocycles. The highest BCUT2D eigenvalue weighted by Crippen LogP contribution is 2.27. The van der Waals surface area contributed by atoms with Gasteiger partial charge in [0.15, 0.2) is 0 Å². The summed E-state index contributed by atoms with van der Waals surface area (Å²) in [6.45, 7) is 4.14. The largest absolute Gasteiger partial charge is 0.497 e. The third-order valence-electron chi connectivity index (χ3n) is 3.41. The number of hydrogen-bond donors (Lipinski definition) is 2. The van der Waals surface area contributed by atoms with Crippen molar-refractivity contribution in [2.45, 2.75) is 25.3 Å². The summed E-state index contributed by atoms with van der Waals surface area (Å²) in [5.41, 5.74) is 8.79. The fraction of sp³-hybridized carbons (Fsp3) is 0.538. The summed E-state index contributed by atoms with van der Waals surface area (Å²) in [6, 6.07) is 6.51. The topological polar surface area (TPSA) is 47.3 Å². The van der Waals surface area contributed by atoms with Gasteiger partial charge in [-0.3, -0.25) is 0 Å². The highest BCUT2D eigenvalue weighted by atomic mass is 16.5. The molecular formula is C13H20N2O. The van der Waals surface area contributed by atoms with Gasteiger partial charge in [-0.05, 0) is 43.1 Å². The fourth-order valence-electron chi connectivity index (χ4n) is 2.41. The Balaban J connectivity index is 2.25. The van der Waals surface area contributed by atoms with Crippen LogP contribution in [0.5, 0.6) is 5.75 Å². The van der Waals surface area contributed by atoms with Gasteiger partial charge in [0.2, 0.25) is 0 Å². The lowest BCUT2D eigenvalue weighted by Crippen LogP contribution is -2.43. The van der Waals surface area contributed by atoms with Crippen molar-refractivity contribution in [3.8, 4) is 5.75 Å². The smallest absolute Gasteiger partial charge is 0.119 e. The molecule has 2 atom stereocenters. The van der Waals surface area contributed by atoms with Crippen LogP contribution < -0.4 is 15.8 Å². The number of hydrogen-bond acceptors (Lipinski definition) is 3. The van der Waals surface area contributed by atoms with Crippen molar-refractivity contribution in [1.29, 1.82) is 0 Å². The first kappa shape index (κ1) is 11.4. The van der Waals surface area contributed by atoms with Crippen LogP contribution in [0.15, 0.2) is 18.2 Å². The lowest BCUT2D eigenvalue weighted by Gasteiger charge is -2.30. The summed E-state index contributed by atoms with van der Waals surface area (Å²) in [4.78, 5) is 0. The summed E-state index contributed by atoms with van der Waals surface area (Å²) in [7, 11) is 1.70. The van der Waals surface area contributed by atoms with E-state index in [0.29, 0.717) is 5.92 Å². The van der Waals surface area contributed by atoms with E-state index in [4.69, 9.17) is 10.5 Å². The van der Waals surface area contributed by atoms with Gasteiger partial charge in [-0.15, -0.1) is 0 Å². The third kappa shape index (κ3) is 2.20. The van der Waals surface area contributed by atoms with Crippen molar-refractivity contribution in [1.82, 2.24) is 5.32 Å². The van der Waals surface area contributed by atoms with Crippen LogP contribution in [-0.2, 0) is 0 Å². The van der Waals surface area contributed by atoms with E-state index < -0.39 is 0 Å². The molecule has 0 amide bonds. The SMILES string of the molecule is COc1ccc(C2CNCCC2N)c(C)c1. The molecule has 2 rings (SSSR count). The second-order valence-corrected chi connectivity index (χ2v) is 4.49. The highest BCUT2D eigenvalue weighted by molar-refractivity contribution is 5.38. The molecule has 0 aromatic heterocycles. The van der Waals surface area contributed by atoms with Crippen molar-refractivity contribution in [2.75, 3.05) is 20.2 Å². The van der Waals surface area contributed by atoms with Crippen LogP contribution >= 0.6 is 0 Å². The van der Waals surface area contributed by atoms with Crippen molar-refractivity contribution in [2.24, 2.45) is 5.73 Å². The standard InChI is InChI=1S/C13H20N2O/c1-9-7-10(16-2)3-4-11(9)12-8-15-6-5-13(12)14/h3-4,7,12-13,15H,5-6,8,14H2,1-2H3. The normalized spacial score (nSPS) is 25.4. The lowest BCUT2D eigenvalue weighted by atomic mass is 9.85. The Morgan fingerprint density at radius 3 is 2.88 bits per heavy atom. The molecule has 1 fully saturated rings. The molecular weight excluding hydrogens is 200 g/mol. The summed E-state index contributed by atoms with van der Waals surface area (Å²) >= 11 is 0. The quantitative estimate of drug-likeness (QED) is 0.792. The van der Waals surface area contributed by atoms with Crippen LogP contribution in [0.1, 0.15) is 23.5 Å². The maximum atomic E-state index is 6.18. The van der Waals surface area contributed by atoms with Gasteiger partial charge >= 0.3 is 0 Å². The van der Waals surface area contributed by atoms with Crippen LogP contribution in [0.4, 0.5) is 0 Å². The number of rotatable bonds is 2. The minimum atomic E-state index is 0.272. The van der Waals surface area contributed by atoms with E-state index in [-0.39, 0.29) is 6.04 Å². The predicted molar refractivity (Wildman–Crippen MR) is 65.9 cm³/mol. The number of benzene rings is 1. The number of aryl methyl sites for hydroxylation is 1. The van der Waals surface area contributed by atoms with E-state index in [1.165, 1.54) is 11.1 Å². The minimum Gasteiger partial charge on any atom is -0.497 e. The summed E-state index contributed by atoms with van der Waals surface area (Å²) in [5, 5.41) is 3.41. The Morgan fingerprint density at radius 1 is 1.44 bits per heavy atom. The zero-order valence-electron chi connectivity index (χ0n) is 9.99. The van der Waals surface area contributed by atoms with E-state index in [0.717, 1.165) is 25.3 Å². The molecule has 0 radical (unpaired) electrons. The molecule has 1 saturated heterocycles. The molecule has 1 aliphatic heterocycles. The van der Waals surface area contributed by atoms with E-state index in [1.54, 1.807) is 7.11 Å². The van der Waals surface area contributed by atoms with E-state index >= 15 is 0 Å². The molecule has 16 heavy (non-hydrogen) atoms. The molecule has 2 unspecified atom stereocenters. The van der Waals surface area contributed by atoms with Crippen LogP contribution in [-0.4, -0.2) is 26.2 Å². The van der Waals surface area contributed by atoms with Gasteiger partial charge in [-0.1, -0.05) is 6.07 Å². The monoisotopic (exact) mass is 220 g/mol. The van der Waals surface area contributed by atoms with Crippen molar-refractivity contribution in [3.05, 3.63) is 29.3 Å². The molecule has 3 nitrogen and oxygen atoms in total. The Morgan fingerprint density at radius 2 is 2.25 bits per heavy atom. The Bertz CT molecular complexity index is 365. The first-order chi connectivity index (χ1) is 7.72. The zero-order valence-corrected chi connectivity index (χ0v) is 9.99. The second-order valence-electron chi connectivity index (χ2n) is 4.49. The van der Waals surface area contributed by atoms with E-state index in [9.17, 15) is 0 Å². The fourth-order valence-corrected chi connectivity index (χ4v) is 2.41. The van der Waals surface area contributed by atoms with Crippen LogP contribution in [0.2, 0.25) is 0 Å². The van der Waals surface area contributed by atoms with E-state index in [1.807, 2.05) is 6.07 Å². The molecule has 1 aromatic rings. The van der Waals surface area contributed by atoms with Crippen molar-refractivity contribution >= 4 is 0 Å². The Hall–Kier alpha value is -1.06. The van der Waals surface area contributed by atoms with Gasteiger partial charge in [0.1, 0.15) is 5.75 Å². The highest BCUT2D eigenvalue weighted by Gasteiger charge is 2.24. The van der Waals surface area contributed by atoms with Crippen LogP contribution in [0.25, 0.3) is 0 Å². The maximum absolute atomic E-state index is 6.18. The van der Waals surface area contributed by atoms with Gasteiger partial charge in [-0.2, -0.15) is 0 Å². The average Bonchev–Trinajstić information content (AvgIpc) is 2.30. The summed E-state index contributed by atoms with van der Waals surface area (Å²) in [5.74, 6) is 1.35. The number of nitrogens with two attached hydrogens (primary N) is 1. The molecule has 3 heteroatoms. The summed E-state index contributed by atoms with van der Waals surface area (Å²) < 4.78 is 5.22. The minimum absolute atomic E-state index is 0.272. The average molecular weight is 220 g/mol. The Kier molecular flexibility index (Phi) is 3.46. The second kappa shape index (κ2) is 4.85. The number of methoxy groups -OCH3 is 1. The van der Waals surface area contributed by atoms with Crippen LogP contribution in [0, 0.1) is 6.92 Å². The predicted octanol–water partition coefficient (Wildman–Crippen LogP) is 1.41. The molecule has 88 valence electrons. The molecule has 0 bridgehead atoms. The lowest BCUT2D eigenvalue weighted by molar-refractivity contribution is 0.398. The molecule has 0 saturated carbocycles. The maximum Gasteiger partial charge on any atom is 0.119 e. The summed E-state index contributed by atoms with van der Waals surface area (Å²) in [6.07, 6.45) is 1.05. The number of nitrogens with one attached hydrogen (secondary N) is 1. The number of ether oxygens (including phenoxy) is 1. The molecule has 1 aromatic carbocycles. The van der Waals surface area contributed by atoms with Gasteiger partial charge in [0.25, 0.3) is 0 Å². The molecule has 1 aliphatic rings. The van der Waals surface area contributed by atoms with Crippen LogP contribution in [0.3, 0.4) is 0 Å². The van der Waals surface area contributed by atoms with Gasteiger partial charge in [-0.25, -0.2) is 0 Å². The molecule has 0 aliphatic carbocycles. The Labute approximate surface area is 97.0 Å². The number of piperidine rings is 1. The van der Waals surface area contributed by atoms with Crippen molar-refractivity contribution < 1.29 is 4.74 Å². The zero-order chi connectivity index (χ0) is 11.5. The first-order valence-electron chi connectivity index (χ1n) is 5.83. The van der Waals surface area contributed by atoms with Gasteiger partial charge in [0, 0.05) is 18.5 Å². The molecule has 3 N–H and O–H groups in total. The van der Waals surface area contributed by atoms with Gasteiger partial charge < -0.3 is 15.8 Å². The van der Waals surface area contributed by atoms with Crippen molar-refractivity contribution in [3.63, 3.8) is 0 Å². The van der Waals surface area contributed by atoms with E-state index in [2.05, 4.69) is 24.4 Å². The molecule has 0 spiro atoms. The van der Waals surface area contributed by atoms with Gasteiger partial charge in [0.05, 0.1) is 7.11 Å².